The monoisotopic (exact) mass is 252 g/mol. The van der Waals surface area contributed by atoms with Gasteiger partial charge in [-0.05, 0) is 36.2 Å². The molecule has 0 amide bonds. The summed E-state index contributed by atoms with van der Waals surface area (Å²) < 4.78 is 0. The lowest BCUT2D eigenvalue weighted by atomic mass is 10.1. The largest absolute Gasteiger partial charge is 0.508 e. The molecule has 2 aromatic rings. The van der Waals surface area contributed by atoms with Crippen molar-refractivity contribution >= 4 is 0 Å². The van der Waals surface area contributed by atoms with Gasteiger partial charge in [0, 0.05) is 18.7 Å². The summed E-state index contributed by atoms with van der Waals surface area (Å²) in [7, 11) is 0. The van der Waals surface area contributed by atoms with Crippen molar-refractivity contribution < 1.29 is 5.11 Å². The minimum Gasteiger partial charge on any atom is -0.508 e. The molecule has 0 fully saturated rings. The number of phenolic OH excluding ortho intramolecular Hbond substituents is 1. The molecule has 0 spiro atoms. The molecule has 0 aliphatic carbocycles. The first-order valence-electron chi connectivity index (χ1n) is 6.18. The number of phenols is 1. The SMILES string of the molecule is Cc1cc(C#N)ccc1CNCc1ccccc1O. The molecule has 0 aliphatic rings. The molecule has 2 aromatic carbocycles. The Kier molecular flexibility index (Phi) is 4.17. The minimum atomic E-state index is 0.312. The fraction of sp³-hybridized carbons (Fsp3) is 0.188. The van der Waals surface area contributed by atoms with Crippen molar-refractivity contribution in [3.63, 3.8) is 0 Å². The fourth-order valence-electron chi connectivity index (χ4n) is 1.96. The summed E-state index contributed by atoms with van der Waals surface area (Å²) in [5.41, 5.74) is 3.83. The maximum absolute atomic E-state index is 9.65. The van der Waals surface area contributed by atoms with Gasteiger partial charge in [0.2, 0.25) is 0 Å². The maximum atomic E-state index is 9.65. The third-order valence-electron chi connectivity index (χ3n) is 3.09. The summed E-state index contributed by atoms with van der Waals surface area (Å²) in [6.07, 6.45) is 0. The fourth-order valence-corrected chi connectivity index (χ4v) is 1.96. The molecule has 0 unspecified atom stereocenters. The summed E-state index contributed by atoms with van der Waals surface area (Å²) in [5.74, 6) is 0.312. The number of aryl methyl sites for hydroxylation is 1. The average molecular weight is 252 g/mol. The van der Waals surface area contributed by atoms with E-state index in [1.165, 1.54) is 0 Å². The van der Waals surface area contributed by atoms with Gasteiger partial charge in [0.15, 0.2) is 0 Å². The Balaban J connectivity index is 1.97. The summed E-state index contributed by atoms with van der Waals surface area (Å²) in [4.78, 5) is 0. The lowest BCUT2D eigenvalue weighted by Gasteiger charge is -2.09. The van der Waals surface area contributed by atoms with E-state index in [1.807, 2.05) is 43.3 Å². The van der Waals surface area contributed by atoms with Gasteiger partial charge in [-0.1, -0.05) is 24.3 Å². The smallest absolute Gasteiger partial charge is 0.120 e. The molecule has 0 saturated heterocycles. The van der Waals surface area contributed by atoms with Crippen LogP contribution in [0, 0.1) is 18.3 Å². The maximum Gasteiger partial charge on any atom is 0.120 e. The van der Waals surface area contributed by atoms with E-state index in [0.29, 0.717) is 24.4 Å². The Hall–Kier alpha value is -2.31. The van der Waals surface area contributed by atoms with Gasteiger partial charge in [0.05, 0.1) is 11.6 Å². The normalized spacial score (nSPS) is 10.1. The number of rotatable bonds is 4. The molecule has 3 nitrogen and oxygen atoms in total. The van der Waals surface area contributed by atoms with Crippen LogP contribution in [-0.4, -0.2) is 5.11 Å². The third kappa shape index (κ3) is 3.34. The second-order valence-electron chi connectivity index (χ2n) is 4.49. The first kappa shape index (κ1) is 13.1. The van der Waals surface area contributed by atoms with Gasteiger partial charge in [-0.15, -0.1) is 0 Å². The van der Waals surface area contributed by atoms with E-state index in [9.17, 15) is 5.11 Å². The van der Waals surface area contributed by atoms with Crippen LogP contribution >= 0.6 is 0 Å². The molecule has 0 saturated carbocycles. The van der Waals surface area contributed by atoms with Crippen molar-refractivity contribution in [2.24, 2.45) is 0 Å². The molecule has 0 aromatic heterocycles. The molecule has 0 atom stereocenters. The quantitative estimate of drug-likeness (QED) is 0.879. The van der Waals surface area contributed by atoms with Gasteiger partial charge in [0.25, 0.3) is 0 Å². The summed E-state index contributed by atoms with van der Waals surface area (Å²) in [5, 5.41) is 21.8. The molecule has 0 radical (unpaired) electrons. The van der Waals surface area contributed by atoms with Crippen molar-refractivity contribution in [2.45, 2.75) is 20.0 Å². The first-order chi connectivity index (χ1) is 9.20. The number of benzene rings is 2. The van der Waals surface area contributed by atoms with E-state index in [-0.39, 0.29) is 0 Å². The van der Waals surface area contributed by atoms with Crippen molar-refractivity contribution in [1.82, 2.24) is 5.32 Å². The standard InChI is InChI=1S/C16H16N2O/c1-12-8-13(9-17)6-7-14(12)10-18-11-15-4-2-3-5-16(15)19/h2-8,18-19H,10-11H2,1H3. The third-order valence-corrected chi connectivity index (χ3v) is 3.09. The van der Waals surface area contributed by atoms with Crippen LogP contribution in [0.3, 0.4) is 0 Å². The highest BCUT2D eigenvalue weighted by atomic mass is 16.3. The predicted molar refractivity (Wildman–Crippen MR) is 74.5 cm³/mol. The van der Waals surface area contributed by atoms with Crippen LogP contribution in [-0.2, 0) is 13.1 Å². The van der Waals surface area contributed by atoms with Crippen LogP contribution in [0.15, 0.2) is 42.5 Å². The number of nitriles is 1. The molecule has 2 rings (SSSR count). The Bertz CT molecular complexity index is 614. The van der Waals surface area contributed by atoms with Crippen molar-refractivity contribution in [3.8, 4) is 11.8 Å². The number of nitrogens with zero attached hydrogens (tertiary/aromatic N) is 1. The van der Waals surface area contributed by atoms with Crippen LogP contribution in [0.4, 0.5) is 0 Å². The van der Waals surface area contributed by atoms with Gasteiger partial charge in [-0.3, -0.25) is 0 Å². The van der Waals surface area contributed by atoms with E-state index in [2.05, 4.69) is 11.4 Å². The van der Waals surface area contributed by atoms with Crippen LogP contribution < -0.4 is 5.32 Å². The van der Waals surface area contributed by atoms with Crippen molar-refractivity contribution in [1.29, 1.82) is 5.26 Å². The van der Waals surface area contributed by atoms with Crippen LogP contribution in [0.2, 0.25) is 0 Å². The second-order valence-corrected chi connectivity index (χ2v) is 4.49. The van der Waals surface area contributed by atoms with Gasteiger partial charge >= 0.3 is 0 Å². The van der Waals surface area contributed by atoms with Crippen LogP contribution in [0.25, 0.3) is 0 Å². The zero-order valence-corrected chi connectivity index (χ0v) is 10.9. The first-order valence-corrected chi connectivity index (χ1v) is 6.18. The number of hydrogen-bond acceptors (Lipinski definition) is 3. The van der Waals surface area contributed by atoms with E-state index < -0.39 is 0 Å². The molecule has 96 valence electrons. The second kappa shape index (κ2) is 6.03. The number of nitrogens with one attached hydrogen (secondary N) is 1. The summed E-state index contributed by atoms with van der Waals surface area (Å²) in [6.45, 7) is 3.33. The minimum absolute atomic E-state index is 0.312. The van der Waals surface area contributed by atoms with Gasteiger partial charge in [-0.25, -0.2) is 0 Å². The molecule has 3 heteroatoms. The predicted octanol–water partition coefficient (Wildman–Crippen LogP) is 2.86. The van der Waals surface area contributed by atoms with E-state index in [0.717, 1.165) is 16.7 Å². The Morgan fingerprint density at radius 2 is 1.84 bits per heavy atom. The Morgan fingerprint density at radius 1 is 1.11 bits per heavy atom. The van der Waals surface area contributed by atoms with Crippen LogP contribution in [0.1, 0.15) is 22.3 Å². The number of para-hydroxylation sites is 1. The molecule has 0 bridgehead atoms. The van der Waals surface area contributed by atoms with Crippen molar-refractivity contribution in [2.75, 3.05) is 0 Å². The molecular weight excluding hydrogens is 236 g/mol. The molecule has 0 aliphatic heterocycles. The zero-order valence-electron chi connectivity index (χ0n) is 10.9. The number of aromatic hydroxyl groups is 1. The lowest BCUT2D eigenvalue weighted by Crippen LogP contribution is -2.13. The zero-order chi connectivity index (χ0) is 13.7. The van der Waals surface area contributed by atoms with Gasteiger partial charge in [0.1, 0.15) is 5.75 Å². The Morgan fingerprint density at radius 3 is 2.53 bits per heavy atom. The van der Waals surface area contributed by atoms with Gasteiger partial charge in [-0.2, -0.15) is 5.26 Å². The highest BCUT2D eigenvalue weighted by Gasteiger charge is 2.02. The van der Waals surface area contributed by atoms with Crippen LogP contribution in [0.5, 0.6) is 5.75 Å². The molecule has 0 heterocycles. The topological polar surface area (TPSA) is 56.0 Å². The molecule has 19 heavy (non-hydrogen) atoms. The Labute approximate surface area is 113 Å². The highest BCUT2D eigenvalue weighted by Crippen LogP contribution is 2.15. The molecular formula is C16H16N2O. The number of hydrogen-bond donors (Lipinski definition) is 2. The summed E-state index contributed by atoms with van der Waals surface area (Å²) in [6, 6.07) is 15.1. The van der Waals surface area contributed by atoms with Gasteiger partial charge < -0.3 is 10.4 Å². The lowest BCUT2D eigenvalue weighted by molar-refractivity contribution is 0.464. The summed E-state index contributed by atoms with van der Waals surface area (Å²) >= 11 is 0. The molecule has 2 N–H and O–H groups in total. The van der Waals surface area contributed by atoms with Crippen molar-refractivity contribution in [3.05, 3.63) is 64.7 Å². The van der Waals surface area contributed by atoms with E-state index in [1.54, 1.807) is 6.07 Å². The average Bonchev–Trinajstić information content (AvgIpc) is 2.42. The van der Waals surface area contributed by atoms with E-state index >= 15 is 0 Å². The van der Waals surface area contributed by atoms with E-state index in [4.69, 9.17) is 5.26 Å². The highest BCUT2D eigenvalue weighted by molar-refractivity contribution is 5.37.